The van der Waals surface area contributed by atoms with Crippen LogP contribution < -0.4 is 10.6 Å². The van der Waals surface area contributed by atoms with E-state index in [0.717, 1.165) is 10.5 Å². The van der Waals surface area contributed by atoms with Gasteiger partial charge in [-0.1, -0.05) is 30.3 Å². The molecule has 0 saturated carbocycles. The molecule has 0 aromatic heterocycles. The van der Waals surface area contributed by atoms with E-state index in [0.29, 0.717) is 22.5 Å². The number of carbonyl (C=O) groups excluding carboxylic acids is 3. The number of hydrogen-bond donors (Lipinski definition) is 2. The molecule has 5 nitrogen and oxygen atoms in total. The van der Waals surface area contributed by atoms with Gasteiger partial charge in [0.2, 0.25) is 5.91 Å². The minimum Gasteiger partial charge on any atom is -0.325 e. The number of amides is 2. The summed E-state index contributed by atoms with van der Waals surface area (Å²) in [5.41, 5.74) is 2.96. The fourth-order valence-electron chi connectivity index (χ4n) is 3.45. The van der Waals surface area contributed by atoms with E-state index in [4.69, 9.17) is 0 Å². The summed E-state index contributed by atoms with van der Waals surface area (Å²) in [4.78, 5) is 38.0. The van der Waals surface area contributed by atoms with Crippen LogP contribution in [0.3, 0.4) is 0 Å². The molecule has 0 bridgehead atoms. The van der Waals surface area contributed by atoms with Crippen LogP contribution in [0.2, 0.25) is 0 Å². The van der Waals surface area contributed by atoms with Gasteiger partial charge in [0.05, 0.1) is 0 Å². The quantitative estimate of drug-likeness (QED) is 0.208. The Morgan fingerprint density at radius 3 is 1.86 bits per heavy atom. The first-order valence-electron chi connectivity index (χ1n) is 11.2. The predicted octanol–water partition coefficient (Wildman–Crippen LogP) is 6.75. The van der Waals surface area contributed by atoms with Crippen molar-refractivity contribution in [3.63, 3.8) is 0 Å². The number of carbonyl (C=O) groups is 3. The predicted molar refractivity (Wildman–Crippen MR) is 141 cm³/mol. The van der Waals surface area contributed by atoms with Gasteiger partial charge in [0.15, 0.2) is 5.78 Å². The normalized spacial score (nSPS) is 11.4. The Hall–Kier alpha value is -4.23. The van der Waals surface area contributed by atoms with Gasteiger partial charge in [0.1, 0.15) is 11.1 Å². The number of benzene rings is 4. The van der Waals surface area contributed by atoms with Gasteiger partial charge >= 0.3 is 0 Å². The maximum Gasteiger partial charge on any atom is 0.255 e. The Morgan fingerprint density at radius 2 is 1.25 bits per heavy atom. The highest BCUT2D eigenvalue weighted by atomic mass is 32.2. The van der Waals surface area contributed by atoms with Crippen molar-refractivity contribution in [3.05, 3.63) is 126 Å². The summed E-state index contributed by atoms with van der Waals surface area (Å²) >= 11 is 1.38. The number of halogens is 1. The Kier molecular flexibility index (Phi) is 7.92. The van der Waals surface area contributed by atoms with E-state index in [-0.39, 0.29) is 17.6 Å². The van der Waals surface area contributed by atoms with Crippen molar-refractivity contribution in [2.24, 2.45) is 0 Å². The van der Waals surface area contributed by atoms with Crippen LogP contribution in [0, 0.1) is 5.82 Å². The van der Waals surface area contributed by atoms with Gasteiger partial charge in [-0.05, 0) is 85.3 Å². The minimum atomic E-state index is -0.529. The first-order valence-corrected chi connectivity index (χ1v) is 12.1. The number of hydrogen-bond acceptors (Lipinski definition) is 4. The molecule has 0 aliphatic heterocycles. The second-order valence-corrected chi connectivity index (χ2v) is 9.20. The van der Waals surface area contributed by atoms with E-state index in [9.17, 15) is 18.8 Å². The molecule has 180 valence electrons. The number of anilines is 2. The third kappa shape index (κ3) is 6.46. The lowest BCUT2D eigenvalue weighted by Gasteiger charge is -2.17. The largest absolute Gasteiger partial charge is 0.325 e. The molecule has 0 spiro atoms. The summed E-state index contributed by atoms with van der Waals surface area (Å²) in [7, 11) is 0. The molecule has 4 rings (SSSR count). The van der Waals surface area contributed by atoms with Gasteiger partial charge in [-0.3, -0.25) is 14.4 Å². The average Bonchev–Trinajstić information content (AvgIpc) is 2.89. The van der Waals surface area contributed by atoms with Crippen molar-refractivity contribution in [2.45, 2.75) is 17.1 Å². The zero-order valence-electron chi connectivity index (χ0n) is 19.4. The molecule has 1 atom stereocenters. The number of thioether (sulfide) groups is 1. The van der Waals surface area contributed by atoms with Crippen LogP contribution in [0.1, 0.15) is 38.5 Å². The fraction of sp³-hybridized carbons (Fsp3) is 0.0690. The molecule has 2 amide bonds. The average molecular weight is 499 g/mol. The fourth-order valence-corrected chi connectivity index (χ4v) is 4.48. The first-order chi connectivity index (χ1) is 17.4. The third-order valence-corrected chi connectivity index (χ3v) is 6.64. The maximum atomic E-state index is 13.2. The molecular formula is C29H23FN2O3S. The van der Waals surface area contributed by atoms with Crippen molar-refractivity contribution < 1.29 is 18.8 Å². The molecule has 1 unspecified atom stereocenters. The Labute approximate surface area is 212 Å². The highest BCUT2D eigenvalue weighted by Gasteiger charge is 2.22. The topological polar surface area (TPSA) is 75.3 Å². The van der Waals surface area contributed by atoms with Gasteiger partial charge < -0.3 is 10.6 Å². The van der Waals surface area contributed by atoms with Crippen LogP contribution in [-0.2, 0) is 4.79 Å². The standard InChI is InChI=1S/C29H23FN2O3S/c1-19(33)20-9-13-24(14-10-20)32-29(35)27(21-5-3-2-4-6-21)36-26-17-15-25(16-18-26)31-28(34)22-7-11-23(30)12-8-22/h2-18,27H,1H3,(H,31,34)(H,32,35). The van der Waals surface area contributed by atoms with Gasteiger partial charge in [-0.25, -0.2) is 4.39 Å². The van der Waals surface area contributed by atoms with Crippen molar-refractivity contribution in [1.82, 2.24) is 0 Å². The van der Waals surface area contributed by atoms with Crippen LogP contribution in [0.4, 0.5) is 15.8 Å². The molecule has 4 aromatic rings. The minimum absolute atomic E-state index is 0.0390. The smallest absolute Gasteiger partial charge is 0.255 e. The lowest BCUT2D eigenvalue weighted by Crippen LogP contribution is -2.19. The Morgan fingerprint density at radius 1 is 0.694 bits per heavy atom. The summed E-state index contributed by atoms with van der Waals surface area (Å²) < 4.78 is 13.1. The number of rotatable bonds is 8. The molecular weight excluding hydrogens is 475 g/mol. The molecule has 0 aliphatic carbocycles. The van der Waals surface area contributed by atoms with Crippen LogP contribution >= 0.6 is 11.8 Å². The highest BCUT2D eigenvalue weighted by molar-refractivity contribution is 8.00. The molecule has 7 heteroatoms. The summed E-state index contributed by atoms with van der Waals surface area (Å²) in [6.45, 7) is 1.50. The van der Waals surface area contributed by atoms with Crippen LogP contribution in [0.25, 0.3) is 0 Å². The summed E-state index contributed by atoms with van der Waals surface area (Å²) in [5.74, 6) is -0.982. The lowest BCUT2D eigenvalue weighted by molar-refractivity contribution is -0.115. The van der Waals surface area contributed by atoms with Crippen molar-refractivity contribution in [1.29, 1.82) is 0 Å². The molecule has 0 aliphatic rings. The van der Waals surface area contributed by atoms with Crippen LogP contribution in [0.15, 0.2) is 108 Å². The SMILES string of the molecule is CC(=O)c1ccc(NC(=O)C(Sc2ccc(NC(=O)c3ccc(F)cc3)cc2)c2ccccc2)cc1. The second kappa shape index (κ2) is 11.5. The summed E-state index contributed by atoms with van der Waals surface area (Å²) in [6, 6.07) is 28.7. The number of Topliss-reactive ketones (excluding diaryl/α,β-unsaturated/α-hetero) is 1. The molecule has 36 heavy (non-hydrogen) atoms. The van der Waals surface area contributed by atoms with Gasteiger partial charge in [0, 0.05) is 27.4 Å². The van der Waals surface area contributed by atoms with E-state index < -0.39 is 11.1 Å². The molecule has 0 radical (unpaired) electrons. The van der Waals surface area contributed by atoms with Crippen molar-refractivity contribution >= 4 is 40.7 Å². The van der Waals surface area contributed by atoms with Crippen molar-refractivity contribution in [3.8, 4) is 0 Å². The Balaban J connectivity index is 1.47. The monoisotopic (exact) mass is 498 g/mol. The molecule has 4 aromatic carbocycles. The Bertz CT molecular complexity index is 1360. The summed E-state index contributed by atoms with van der Waals surface area (Å²) in [6.07, 6.45) is 0. The molecule has 0 heterocycles. The van der Waals surface area contributed by atoms with E-state index in [1.807, 2.05) is 42.5 Å². The van der Waals surface area contributed by atoms with E-state index in [1.54, 1.807) is 36.4 Å². The van der Waals surface area contributed by atoms with Gasteiger partial charge in [0.25, 0.3) is 5.91 Å². The maximum absolute atomic E-state index is 13.2. The highest BCUT2D eigenvalue weighted by Crippen LogP contribution is 2.36. The molecule has 2 N–H and O–H groups in total. The van der Waals surface area contributed by atoms with Gasteiger partial charge in [-0.2, -0.15) is 0 Å². The van der Waals surface area contributed by atoms with Crippen molar-refractivity contribution in [2.75, 3.05) is 10.6 Å². The second-order valence-electron chi connectivity index (χ2n) is 8.02. The molecule has 0 fully saturated rings. The third-order valence-electron chi connectivity index (χ3n) is 5.37. The zero-order chi connectivity index (χ0) is 25.5. The lowest BCUT2D eigenvalue weighted by atomic mass is 10.1. The zero-order valence-corrected chi connectivity index (χ0v) is 20.2. The summed E-state index contributed by atoms with van der Waals surface area (Å²) in [5, 5.41) is 5.19. The number of nitrogens with one attached hydrogen (secondary N) is 2. The molecule has 0 saturated heterocycles. The van der Waals surface area contributed by atoms with E-state index >= 15 is 0 Å². The number of ketones is 1. The first kappa shape index (κ1) is 24.9. The van der Waals surface area contributed by atoms with Crippen LogP contribution in [0.5, 0.6) is 0 Å². The van der Waals surface area contributed by atoms with Crippen LogP contribution in [-0.4, -0.2) is 17.6 Å². The van der Waals surface area contributed by atoms with E-state index in [2.05, 4.69) is 10.6 Å². The van der Waals surface area contributed by atoms with Gasteiger partial charge in [-0.15, -0.1) is 11.8 Å². The van der Waals surface area contributed by atoms with E-state index in [1.165, 1.54) is 43.0 Å².